The minimum absolute atomic E-state index is 0.0789. The Hall–Kier alpha value is -1.79. The number of amides is 1. The summed E-state index contributed by atoms with van der Waals surface area (Å²) >= 11 is 13.1. The first kappa shape index (κ1) is 24.9. The molecule has 2 aliphatic heterocycles. The highest BCUT2D eigenvalue weighted by molar-refractivity contribution is 6.31. The second-order valence-electron chi connectivity index (χ2n) is 10.9. The molecule has 1 saturated carbocycles. The van der Waals surface area contributed by atoms with Crippen LogP contribution < -0.4 is 10.1 Å². The van der Waals surface area contributed by atoms with Gasteiger partial charge in [0.25, 0.3) is 0 Å². The van der Waals surface area contributed by atoms with Gasteiger partial charge >= 0.3 is 0 Å². The van der Waals surface area contributed by atoms with Gasteiger partial charge in [0, 0.05) is 22.0 Å². The van der Waals surface area contributed by atoms with Crippen LogP contribution in [-0.4, -0.2) is 37.1 Å². The van der Waals surface area contributed by atoms with Crippen LogP contribution in [0.1, 0.15) is 63.5 Å². The number of benzene rings is 2. The molecule has 5 nitrogen and oxygen atoms in total. The number of carbonyl (C=O) groups is 1. The Balaban J connectivity index is 1.42. The topological polar surface area (TPSA) is 56.8 Å². The average Bonchev–Trinajstić information content (AvgIpc) is 3.27. The summed E-state index contributed by atoms with van der Waals surface area (Å²) in [6.45, 7) is 8.95. The summed E-state index contributed by atoms with van der Waals surface area (Å²) in [5.74, 6) is 0.763. The van der Waals surface area contributed by atoms with E-state index in [4.69, 9.17) is 37.4 Å². The van der Waals surface area contributed by atoms with Crippen molar-refractivity contribution in [1.82, 2.24) is 5.32 Å². The molecule has 35 heavy (non-hydrogen) atoms. The van der Waals surface area contributed by atoms with Crippen LogP contribution in [0, 0.1) is 11.3 Å². The zero-order valence-electron chi connectivity index (χ0n) is 20.6. The first-order valence-electron chi connectivity index (χ1n) is 12.4. The van der Waals surface area contributed by atoms with Crippen molar-refractivity contribution in [3.8, 4) is 5.75 Å². The molecule has 1 amide bonds. The van der Waals surface area contributed by atoms with E-state index in [9.17, 15) is 4.79 Å². The molecule has 188 valence electrons. The minimum Gasteiger partial charge on any atom is -0.491 e. The Morgan fingerprint density at radius 1 is 1.11 bits per heavy atom. The zero-order chi connectivity index (χ0) is 25.0. The largest absolute Gasteiger partial charge is 0.491 e. The van der Waals surface area contributed by atoms with Crippen molar-refractivity contribution in [3.63, 3.8) is 0 Å². The standard InChI is InChI=1S/C28H33Cl2NO4/c1-16-25-24(17-5-7-18(29)8-6-17)22(11-12-28(25,4)26(32)31-16)21-10-9-19(13-23(21)30)33-14-20-15-34-27(2,3)35-20/h5-10,13,16,20,22,24-25H,11-12,14-15H2,1-4H3,(H,31,32)/t16-,20-,22+,24+,25+,28-/m1/s1. The van der Waals surface area contributed by atoms with E-state index in [2.05, 4.69) is 37.4 Å². The predicted octanol–water partition coefficient (Wildman–Crippen LogP) is 6.33. The van der Waals surface area contributed by atoms with E-state index < -0.39 is 11.2 Å². The summed E-state index contributed by atoms with van der Waals surface area (Å²) in [6, 6.07) is 14.1. The molecule has 6 atom stereocenters. The Kier molecular flexibility index (Phi) is 6.58. The smallest absolute Gasteiger partial charge is 0.226 e. The van der Waals surface area contributed by atoms with Gasteiger partial charge in [-0.3, -0.25) is 4.79 Å². The SMILES string of the molecule is C[C@H]1NC(=O)[C@]2(C)CC[C@@H](c3ccc(OC[C@@H]4COC(C)(C)O4)cc3Cl)[C@H](c3ccc(Cl)cc3)[C@H]12. The molecule has 3 aliphatic rings. The molecule has 7 heteroatoms. The van der Waals surface area contributed by atoms with Gasteiger partial charge in [0.05, 0.1) is 12.0 Å². The van der Waals surface area contributed by atoms with Crippen molar-refractivity contribution in [3.05, 3.63) is 63.6 Å². The van der Waals surface area contributed by atoms with Crippen LogP contribution in [-0.2, 0) is 14.3 Å². The number of ether oxygens (including phenoxy) is 3. The van der Waals surface area contributed by atoms with Crippen LogP contribution in [0.4, 0.5) is 0 Å². The Morgan fingerprint density at radius 3 is 2.51 bits per heavy atom. The number of carbonyl (C=O) groups excluding carboxylic acids is 1. The number of nitrogens with one attached hydrogen (secondary N) is 1. The lowest BCUT2D eigenvalue weighted by molar-refractivity contribution is -0.141. The second kappa shape index (κ2) is 9.26. The summed E-state index contributed by atoms with van der Waals surface area (Å²) in [7, 11) is 0. The predicted molar refractivity (Wildman–Crippen MR) is 137 cm³/mol. The first-order chi connectivity index (χ1) is 16.6. The quantitative estimate of drug-likeness (QED) is 0.503. The highest BCUT2D eigenvalue weighted by Crippen LogP contribution is 2.59. The lowest BCUT2D eigenvalue weighted by atomic mass is 9.56. The maximum Gasteiger partial charge on any atom is 0.226 e. The third-order valence-corrected chi connectivity index (χ3v) is 8.66. The van der Waals surface area contributed by atoms with E-state index in [-0.39, 0.29) is 35.8 Å². The monoisotopic (exact) mass is 517 g/mol. The number of fused-ring (bicyclic) bond motifs is 1. The third kappa shape index (κ3) is 4.69. The van der Waals surface area contributed by atoms with Crippen LogP contribution in [0.25, 0.3) is 0 Å². The molecule has 2 aromatic rings. The van der Waals surface area contributed by atoms with Crippen LogP contribution in [0.2, 0.25) is 10.0 Å². The van der Waals surface area contributed by atoms with Crippen molar-refractivity contribution < 1.29 is 19.0 Å². The number of hydrogen-bond donors (Lipinski definition) is 1. The maximum absolute atomic E-state index is 13.0. The van der Waals surface area contributed by atoms with Gasteiger partial charge in [0.15, 0.2) is 5.79 Å². The van der Waals surface area contributed by atoms with Crippen LogP contribution in [0.3, 0.4) is 0 Å². The summed E-state index contributed by atoms with van der Waals surface area (Å²) in [6.07, 6.45) is 1.59. The Morgan fingerprint density at radius 2 is 1.86 bits per heavy atom. The normalized spacial score (nSPS) is 33.9. The molecule has 0 spiro atoms. The maximum atomic E-state index is 13.0. The highest BCUT2D eigenvalue weighted by Gasteiger charge is 2.57. The average molecular weight is 518 g/mol. The van der Waals surface area contributed by atoms with Gasteiger partial charge in [0.1, 0.15) is 18.5 Å². The Bertz CT molecular complexity index is 1100. The lowest BCUT2D eigenvalue weighted by Gasteiger charge is -2.46. The van der Waals surface area contributed by atoms with Crippen molar-refractivity contribution in [1.29, 1.82) is 0 Å². The summed E-state index contributed by atoms with van der Waals surface area (Å²) in [4.78, 5) is 13.0. The second-order valence-corrected chi connectivity index (χ2v) is 11.7. The molecule has 0 bridgehead atoms. The fourth-order valence-electron chi connectivity index (χ4n) is 6.44. The van der Waals surface area contributed by atoms with E-state index >= 15 is 0 Å². The van der Waals surface area contributed by atoms with Crippen LogP contribution in [0.5, 0.6) is 5.75 Å². The summed E-state index contributed by atoms with van der Waals surface area (Å²) in [5, 5.41) is 4.61. The van der Waals surface area contributed by atoms with E-state index in [0.29, 0.717) is 29.0 Å². The van der Waals surface area contributed by atoms with Gasteiger partial charge in [0.2, 0.25) is 5.91 Å². The van der Waals surface area contributed by atoms with Crippen LogP contribution >= 0.6 is 23.2 Å². The molecule has 5 rings (SSSR count). The highest BCUT2D eigenvalue weighted by atomic mass is 35.5. The molecule has 1 aliphatic carbocycles. The minimum atomic E-state index is -0.574. The molecule has 0 radical (unpaired) electrons. The van der Waals surface area contributed by atoms with Crippen molar-refractivity contribution >= 4 is 29.1 Å². The summed E-state index contributed by atoms with van der Waals surface area (Å²) in [5.41, 5.74) is 1.89. The molecule has 2 heterocycles. The van der Waals surface area contributed by atoms with E-state index in [1.807, 2.05) is 38.1 Å². The van der Waals surface area contributed by atoms with Crippen molar-refractivity contribution in [2.45, 2.75) is 70.3 Å². The van der Waals surface area contributed by atoms with Gasteiger partial charge in [-0.1, -0.05) is 48.3 Å². The molecule has 0 unspecified atom stereocenters. The molecule has 3 fully saturated rings. The number of hydrogen-bond acceptors (Lipinski definition) is 4. The Labute approximate surface area is 217 Å². The molecule has 2 aromatic carbocycles. The third-order valence-electron chi connectivity index (χ3n) is 8.08. The summed E-state index contributed by atoms with van der Waals surface area (Å²) < 4.78 is 17.4. The first-order valence-corrected chi connectivity index (χ1v) is 13.1. The lowest BCUT2D eigenvalue weighted by Crippen LogP contribution is -2.42. The number of rotatable bonds is 5. The van der Waals surface area contributed by atoms with Gasteiger partial charge in [-0.15, -0.1) is 0 Å². The van der Waals surface area contributed by atoms with Gasteiger partial charge < -0.3 is 19.5 Å². The van der Waals surface area contributed by atoms with E-state index in [1.54, 1.807) is 0 Å². The zero-order valence-corrected chi connectivity index (χ0v) is 22.2. The molecular weight excluding hydrogens is 485 g/mol. The fourth-order valence-corrected chi connectivity index (χ4v) is 6.88. The molecule has 2 saturated heterocycles. The molecule has 1 N–H and O–H groups in total. The van der Waals surface area contributed by atoms with E-state index in [0.717, 1.165) is 18.4 Å². The van der Waals surface area contributed by atoms with Gasteiger partial charge in [-0.25, -0.2) is 0 Å². The molecule has 0 aromatic heterocycles. The van der Waals surface area contributed by atoms with Crippen molar-refractivity contribution in [2.24, 2.45) is 11.3 Å². The number of halogens is 2. The fraction of sp³-hybridized carbons (Fsp3) is 0.536. The van der Waals surface area contributed by atoms with E-state index in [1.165, 1.54) is 5.56 Å². The van der Waals surface area contributed by atoms with Gasteiger partial charge in [-0.05, 0) is 80.8 Å². The van der Waals surface area contributed by atoms with Gasteiger partial charge in [-0.2, -0.15) is 0 Å². The van der Waals surface area contributed by atoms with Crippen LogP contribution in [0.15, 0.2) is 42.5 Å². The molecular formula is C28H33Cl2NO4. The van der Waals surface area contributed by atoms with Crippen molar-refractivity contribution in [2.75, 3.05) is 13.2 Å².